The molecule has 7 heteroatoms. The summed E-state index contributed by atoms with van der Waals surface area (Å²) < 4.78 is 27.6. The van der Waals surface area contributed by atoms with Crippen LogP contribution in [0.4, 0.5) is 0 Å². The number of nitrogens with zero attached hydrogens (tertiary/aromatic N) is 1. The molecule has 0 aliphatic carbocycles. The summed E-state index contributed by atoms with van der Waals surface area (Å²) in [6, 6.07) is -0.947. The van der Waals surface area contributed by atoms with Crippen molar-refractivity contribution in [3.05, 3.63) is 0 Å². The van der Waals surface area contributed by atoms with Crippen molar-refractivity contribution in [1.82, 2.24) is 9.03 Å². The Morgan fingerprint density at radius 2 is 2.16 bits per heavy atom. The number of carboxylic acid groups (broad SMARTS) is 1. The molecule has 1 saturated heterocycles. The van der Waals surface area contributed by atoms with E-state index in [1.165, 1.54) is 0 Å². The lowest BCUT2D eigenvalue weighted by Crippen LogP contribution is -2.52. The van der Waals surface area contributed by atoms with Gasteiger partial charge < -0.3 is 5.11 Å². The molecule has 0 aromatic heterocycles. The number of carboxylic acids is 1. The van der Waals surface area contributed by atoms with E-state index in [2.05, 4.69) is 10.6 Å². The van der Waals surface area contributed by atoms with Crippen LogP contribution in [0.5, 0.6) is 0 Å². The molecular formula is C12H20N2O4S. The van der Waals surface area contributed by atoms with Crippen molar-refractivity contribution in [3.63, 3.8) is 0 Å². The van der Waals surface area contributed by atoms with Crippen LogP contribution in [-0.2, 0) is 15.0 Å². The lowest BCUT2D eigenvalue weighted by Gasteiger charge is -2.31. The van der Waals surface area contributed by atoms with Gasteiger partial charge in [0.05, 0.1) is 0 Å². The molecule has 0 radical (unpaired) electrons. The Morgan fingerprint density at radius 3 is 2.79 bits per heavy atom. The summed E-state index contributed by atoms with van der Waals surface area (Å²) >= 11 is 0. The highest BCUT2D eigenvalue weighted by Gasteiger charge is 2.36. The van der Waals surface area contributed by atoms with E-state index >= 15 is 0 Å². The van der Waals surface area contributed by atoms with Crippen molar-refractivity contribution in [3.8, 4) is 12.3 Å². The zero-order valence-electron chi connectivity index (χ0n) is 10.8. The predicted molar refractivity (Wildman–Crippen MR) is 71.6 cm³/mol. The molecule has 1 aliphatic heterocycles. The third-order valence-corrected chi connectivity index (χ3v) is 4.70. The second-order valence-corrected chi connectivity index (χ2v) is 6.23. The minimum absolute atomic E-state index is 0.261. The van der Waals surface area contributed by atoms with E-state index in [9.17, 15) is 13.2 Å². The lowest BCUT2D eigenvalue weighted by molar-refractivity contribution is -0.142. The van der Waals surface area contributed by atoms with Crippen LogP contribution in [0.1, 0.15) is 38.5 Å². The lowest BCUT2D eigenvalue weighted by atomic mass is 10.1. The van der Waals surface area contributed by atoms with Gasteiger partial charge in [-0.05, 0) is 32.1 Å². The van der Waals surface area contributed by atoms with Crippen molar-refractivity contribution < 1.29 is 18.3 Å². The minimum atomic E-state index is -3.71. The normalized spacial score (nSPS) is 20.9. The van der Waals surface area contributed by atoms with Gasteiger partial charge in [0.1, 0.15) is 6.04 Å². The van der Waals surface area contributed by atoms with Gasteiger partial charge in [-0.15, -0.1) is 12.3 Å². The van der Waals surface area contributed by atoms with Crippen LogP contribution in [0.3, 0.4) is 0 Å². The summed E-state index contributed by atoms with van der Waals surface area (Å²) in [5.41, 5.74) is 0. The summed E-state index contributed by atoms with van der Waals surface area (Å²) in [7, 11) is -3.71. The van der Waals surface area contributed by atoms with Crippen LogP contribution in [0.25, 0.3) is 0 Å². The molecular weight excluding hydrogens is 268 g/mol. The monoisotopic (exact) mass is 288 g/mol. The number of hydrogen-bond donors (Lipinski definition) is 2. The fourth-order valence-corrected chi connectivity index (χ4v) is 3.54. The molecule has 6 nitrogen and oxygen atoms in total. The highest BCUT2D eigenvalue weighted by molar-refractivity contribution is 7.87. The standard InChI is InChI=1S/C12H20N2O4S/c1-2-3-4-6-9-13-19(17,18)14-10-7-5-8-11(14)12(15)16/h1,11,13H,3-10H2,(H,15,16). The maximum atomic E-state index is 12.0. The molecule has 1 fully saturated rings. The molecule has 108 valence electrons. The summed E-state index contributed by atoms with van der Waals surface area (Å²) in [5.74, 6) is 1.40. The molecule has 1 heterocycles. The van der Waals surface area contributed by atoms with Crippen LogP contribution in [0.2, 0.25) is 0 Å². The Balaban J connectivity index is 2.54. The Bertz CT molecular complexity index is 441. The van der Waals surface area contributed by atoms with E-state index in [-0.39, 0.29) is 13.1 Å². The first-order chi connectivity index (χ1) is 8.99. The second-order valence-electron chi connectivity index (χ2n) is 4.52. The van der Waals surface area contributed by atoms with Crippen molar-refractivity contribution in [1.29, 1.82) is 0 Å². The number of carbonyl (C=O) groups is 1. The molecule has 1 unspecified atom stereocenters. The van der Waals surface area contributed by atoms with Gasteiger partial charge >= 0.3 is 5.97 Å². The van der Waals surface area contributed by atoms with E-state index in [0.717, 1.165) is 17.1 Å². The Morgan fingerprint density at radius 1 is 1.42 bits per heavy atom. The first-order valence-electron chi connectivity index (χ1n) is 6.41. The molecule has 1 aliphatic rings. The molecule has 2 N–H and O–H groups in total. The van der Waals surface area contributed by atoms with E-state index in [1.807, 2.05) is 0 Å². The van der Waals surface area contributed by atoms with Gasteiger partial charge in [0, 0.05) is 19.5 Å². The quantitative estimate of drug-likeness (QED) is 0.529. The fraction of sp³-hybridized carbons (Fsp3) is 0.750. The number of piperidine rings is 1. The van der Waals surface area contributed by atoms with E-state index < -0.39 is 22.2 Å². The van der Waals surface area contributed by atoms with Crippen LogP contribution in [0, 0.1) is 12.3 Å². The SMILES string of the molecule is C#CCCCCNS(=O)(=O)N1CCCCC1C(=O)O. The number of nitrogens with one attached hydrogen (secondary N) is 1. The average molecular weight is 288 g/mol. The van der Waals surface area contributed by atoms with Gasteiger partial charge in [0.25, 0.3) is 10.2 Å². The number of unbranched alkanes of at least 4 members (excludes halogenated alkanes) is 2. The zero-order chi connectivity index (χ0) is 14.3. The highest BCUT2D eigenvalue weighted by Crippen LogP contribution is 2.19. The molecule has 0 aromatic carbocycles. The minimum Gasteiger partial charge on any atom is -0.480 e. The molecule has 0 spiro atoms. The number of terminal acetylenes is 1. The van der Waals surface area contributed by atoms with Gasteiger partial charge in [-0.25, -0.2) is 4.72 Å². The third-order valence-electron chi connectivity index (χ3n) is 3.08. The van der Waals surface area contributed by atoms with Crippen molar-refractivity contribution in [2.75, 3.05) is 13.1 Å². The van der Waals surface area contributed by atoms with Crippen LogP contribution >= 0.6 is 0 Å². The van der Waals surface area contributed by atoms with Gasteiger partial charge in [-0.3, -0.25) is 4.79 Å². The van der Waals surface area contributed by atoms with Crippen LogP contribution in [-0.4, -0.2) is 42.9 Å². The second kappa shape index (κ2) is 7.48. The molecule has 1 atom stereocenters. The van der Waals surface area contributed by atoms with Gasteiger partial charge in [-0.1, -0.05) is 0 Å². The Labute approximate surface area is 114 Å². The van der Waals surface area contributed by atoms with Crippen molar-refractivity contribution >= 4 is 16.2 Å². The maximum Gasteiger partial charge on any atom is 0.322 e. The first-order valence-corrected chi connectivity index (χ1v) is 7.85. The first kappa shape index (κ1) is 16.0. The van der Waals surface area contributed by atoms with Gasteiger partial charge in [0.15, 0.2) is 0 Å². The smallest absolute Gasteiger partial charge is 0.322 e. The molecule has 19 heavy (non-hydrogen) atoms. The molecule has 0 aromatic rings. The Kier molecular flexibility index (Phi) is 6.28. The van der Waals surface area contributed by atoms with Gasteiger partial charge in [-0.2, -0.15) is 12.7 Å². The highest BCUT2D eigenvalue weighted by atomic mass is 32.2. The third kappa shape index (κ3) is 4.82. The van der Waals surface area contributed by atoms with Gasteiger partial charge in [0.2, 0.25) is 0 Å². The Hall–Kier alpha value is -1.10. The maximum absolute atomic E-state index is 12.0. The fourth-order valence-electron chi connectivity index (χ4n) is 2.08. The summed E-state index contributed by atoms with van der Waals surface area (Å²) in [6.07, 6.45) is 8.92. The molecule has 0 bridgehead atoms. The van der Waals surface area contributed by atoms with Crippen LogP contribution in [0.15, 0.2) is 0 Å². The largest absolute Gasteiger partial charge is 0.480 e. The zero-order valence-corrected chi connectivity index (χ0v) is 11.7. The molecule has 0 amide bonds. The summed E-state index contributed by atoms with van der Waals surface area (Å²) in [4.78, 5) is 11.1. The molecule has 1 rings (SSSR count). The van der Waals surface area contributed by atoms with Crippen LogP contribution < -0.4 is 4.72 Å². The average Bonchev–Trinajstić information content (AvgIpc) is 2.38. The van der Waals surface area contributed by atoms with E-state index in [1.54, 1.807) is 0 Å². The van der Waals surface area contributed by atoms with Crippen molar-refractivity contribution in [2.24, 2.45) is 0 Å². The topological polar surface area (TPSA) is 86.7 Å². The van der Waals surface area contributed by atoms with Crippen molar-refractivity contribution in [2.45, 2.75) is 44.6 Å². The number of hydrogen-bond acceptors (Lipinski definition) is 3. The number of aliphatic carboxylic acids is 1. The number of rotatable bonds is 7. The van der Waals surface area contributed by atoms with E-state index in [0.29, 0.717) is 25.7 Å². The summed E-state index contributed by atoms with van der Waals surface area (Å²) in [6.45, 7) is 0.545. The summed E-state index contributed by atoms with van der Waals surface area (Å²) in [5, 5.41) is 9.06. The van der Waals surface area contributed by atoms with E-state index in [4.69, 9.17) is 11.5 Å². The predicted octanol–water partition coefficient (Wildman–Crippen LogP) is 0.563. The molecule has 0 saturated carbocycles.